The van der Waals surface area contributed by atoms with Gasteiger partial charge in [-0.2, -0.15) is 0 Å². The monoisotopic (exact) mass is 193 g/mol. The summed E-state index contributed by atoms with van der Waals surface area (Å²) in [6, 6.07) is 4.47. The maximum atomic E-state index is 13.3. The number of carbonyl (C=O) groups excluding carboxylic acids is 1. The van der Waals surface area contributed by atoms with Crippen molar-refractivity contribution < 1.29 is 13.9 Å². The first-order chi connectivity index (χ1) is 6.74. The third kappa shape index (κ3) is 1.16. The highest BCUT2D eigenvalue weighted by Gasteiger charge is 2.16. The van der Waals surface area contributed by atoms with Crippen LogP contribution in [0.15, 0.2) is 24.4 Å². The Labute approximate surface area is 79.5 Å². The number of rotatable bonds is 1. The first-order valence-electron chi connectivity index (χ1n) is 4.08. The number of ether oxygens (including phenoxy) is 1. The second-order valence-electron chi connectivity index (χ2n) is 2.85. The predicted molar refractivity (Wildman–Crippen MR) is 49.6 cm³/mol. The molecule has 0 bridgehead atoms. The molecule has 1 aromatic heterocycles. The number of H-pyrrole nitrogens is 1. The number of benzene rings is 1. The summed E-state index contributed by atoms with van der Waals surface area (Å²) >= 11 is 0. The Morgan fingerprint density at radius 1 is 1.43 bits per heavy atom. The molecule has 0 saturated heterocycles. The molecule has 4 heteroatoms. The highest BCUT2D eigenvalue weighted by atomic mass is 19.1. The molecule has 2 rings (SSSR count). The number of hydrogen-bond donors (Lipinski definition) is 1. The summed E-state index contributed by atoms with van der Waals surface area (Å²) in [6.07, 6.45) is 1.65. The van der Waals surface area contributed by atoms with Crippen LogP contribution in [0.5, 0.6) is 0 Å². The van der Waals surface area contributed by atoms with Gasteiger partial charge in [-0.25, -0.2) is 9.18 Å². The van der Waals surface area contributed by atoms with E-state index in [9.17, 15) is 9.18 Å². The summed E-state index contributed by atoms with van der Waals surface area (Å²) in [5, 5.41) is 0.539. The van der Waals surface area contributed by atoms with Crippen LogP contribution in [-0.2, 0) is 4.74 Å². The van der Waals surface area contributed by atoms with E-state index in [0.29, 0.717) is 10.9 Å². The van der Waals surface area contributed by atoms with Gasteiger partial charge in [-0.1, -0.05) is 0 Å². The van der Waals surface area contributed by atoms with Crippen LogP contribution in [0.25, 0.3) is 10.9 Å². The molecule has 1 aromatic carbocycles. The second-order valence-corrected chi connectivity index (χ2v) is 2.85. The lowest BCUT2D eigenvalue weighted by Gasteiger charge is -2.02. The number of hydrogen-bond acceptors (Lipinski definition) is 2. The van der Waals surface area contributed by atoms with Gasteiger partial charge in [-0.3, -0.25) is 0 Å². The quantitative estimate of drug-likeness (QED) is 0.704. The molecule has 0 aliphatic rings. The maximum Gasteiger partial charge on any atom is 0.341 e. The van der Waals surface area contributed by atoms with Gasteiger partial charge >= 0.3 is 5.97 Å². The second kappa shape index (κ2) is 3.14. The minimum absolute atomic E-state index is 0.0220. The lowest BCUT2D eigenvalue weighted by atomic mass is 10.1. The van der Waals surface area contributed by atoms with E-state index in [1.54, 1.807) is 18.3 Å². The molecule has 1 heterocycles. The predicted octanol–water partition coefficient (Wildman–Crippen LogP) is 2.09. The minimum Gasteiger partial charge on any atom is -0.465 e. The Morgan fingerprint density at radius 2 is 2.21 bits per heavy atom. The Kier molecular flexibility index (Phi) is 1.96. The summed E-state index contributed by atoms with van der Waals surface area (Å²) in [4.78, 5) is 14.2. The molecular formula is C10H8FNO2. The molecule has 2 aromatic rings. The van der Waals surface area contributed by atoms with E-state index in [0.717, 1.165) is 0 Å². The zero-order valence-electron chi connectivity index (χ0n) is 7.50. The van der Waals surface area contributed by atoms with Crippen molar-refractivity contribution in [3.8, 4) is 0 Å². The average Bonchev–Trinajstić information content (AvgIpc) is 2.64. The van der Waals surface area contributed by atoms with Crippen molar-refractivity contribution in [2.45, 2.75) is 0 Å². The third-order valence-corrected chi connectivity index (χ3v) is 2.07. The first-order valence-corrected chi connectivity index (χ1v) is 4.08. The van der Waals surface area contributed by atoms with Crippen LogP contribution in [0.1, 0.15) is 10.4 Å². The van der Waals surface area contributed by atoms with Gasteiger partial charge in [0.15, 0.2) is 0 Å². The van der Waals surface area contributed by atoms with Crippen LogP contribution >= 0.6 is 0 Å². The fraction of sp³-hybridized carbons (Fsp3) is 0.100. The SMILES string of the molecule is COC(=O)c1c(F)ccc2[nH]ccc12. The van der Waals surface area contributed by atoms with Gasteiger partial charge < -0.3 is 9.72 Å². The number of aromatic nitrogens is 1. The van der Waals surface area contributed by atoms with E-state index in [4.69, 9.17) is 0 Å². The van der Waals surface area contributed by atoms with Crippen LogP contribution in [0.3, 0.4) is 0 Å². The van der Waals surface area contributed by atoms with E-state index >= 15 is 0 Å². The number of esters is 1. The topological polar surface area (TPSA) is 42.1 Å². The summed E-state index contributed by atoms with van der Waals surface area (Å²) in [5.74, 6) is -1.23. The van der Waals surface area contributed by atoms with E-state index in [1.165, 1.54) is 13.2 Å². The van der Waals surface area contributed by atoms with E-state index < -0.39 is 11.8 Å². The molecule has 0 amide bonds. The van der Waals surface area contributed by atoms with Crippen molar-refractivity contribution in [2.24, 2.45) is 0 Å². The van der Waals surface area contributed by atoms with Crippen molar-refractivity contribution in [3.63, 3.8) is 0 Å². The summed E-state index contributed by atoms with van der Waals surface area (Å²) in [5.41, 5.74) is 0.693. The van der Waals surface area contributed by atoms with Crippen LogP contribution in [-0.4, -0.2) is 18.1 Å². The summed E-state index contributed by atoms with van der Waals surface area (Å²) < 4.78 is 17.8. The summed E-state index contributed by atoms with van der Waals surface area (Å²) in [7, 11) is 1.23. The molecule has 0 radical (unpaired) electrons. The van der Waals surface area contributed by atoms with Crippen LogP contribution in [0.4, 0.5) is 4.39 Å². The molecule has 0 saturated carbocycles. The van der Waals surface area contributed by atoms with Gasteiger partial charge in [-0.05, 0) is 18.2 Å². The van der Waals surface area contributed by atoms with Crippen LogP contribution < -0.4 is 0 Å². The Bertz CT molecular complexity index is 490. The Balaban J connectivity index is 2.76. The highest BCUT2D eigenvalue weighted by Crippen LogP contribution is 2.21. The van der Waals surface area contributed by atoms with E-state index in [-0.39, 0.29) is 5.56 Å². The van der Waals surface area contributed by atoms with Gasteiger partial charge in [0.1, 0.15) is 11.4 Å². The Morgan fingerprint density at radius 3 is 2.93 bits per heavy atom. The molecular weight excluding hydrogens is 185 g/mol. The zero-order valence-corrected chi connectivity index (χ0v) is 7.50. The number of fused-ring (bicyclic) bond motifs is 1. The van der Waals surface area contributed by atoms with Crippen LogP contribution in [0, 0.1) is 5.82 Å². The number of nitrogens with one attached hydrogen (secondary N) is 1. The first kappa shape index (κ1) is 8.74. The normalized spacial score (nSPS) is 10.4. The fourth-order valence-electron chi connectivity index (χ4n) is 1.42. The van der Waals surface area contributed by atoms with Gasteiger partial charge in [0, 0.05) is 17.1 Å². The standard InChI is InChI=1S/C10H8FNO2/c1-14-10(13)9-6-4-5-12-8(6)3-2-7(9)11/h2-5,12H,1H3. The molecule has 0 aliphatic carbocycles. The Hall–Kier alpha value is -1.84. The van der Waals surface area contributed by atoms with Crippen molar-refractivity contribution in [3.05, 3.63) is 35.8 Å². The van der Waals surface area contributed by atoms with Gasteiger partial charge in [-0.15, -0.1) is 0 Å². The lowest BCUT2D eigenvalue weighted by Crippen LogP contribution is -2.04. The molecule has 3 nitrogen and oxygen atoms in total. The molecule has 0 aliphatic heterocycles. The number of aromatic amines is 1. The van der Waals surface area contributed by atoms with Crippen LogP contribution in [0.2, 0.25) is 0 Å². The lowest BCUT2D eigenvalue weighted by molar-refractivity contribution is 0.0598. The van der Waals surface area contributed by atoms with Gasteiger partial charge in [0.25, 0.3) is 0 Å². The van der Waals surface area contributed by atoms with Crippen molar-refractivity contribution in [1.82, 2.24) is 4.98 Å². The zero-order chi connectivity index (χ0) is 10.1. The average molecular weight is 193 g/mol. The molecule has 0 fully saturated rings. The summed E-state index contributed by atoms with van der Waals surface area (Å²) in [6.45, 7) is 0. The number of methoxy groups -OCH3 is 1. The van der Waals surface area contributed by atoms with E-state index in [2.05, 4.69) is 9.72 Å². The minimum atomic E-state index is -0.660. The number of halogens is 1. The molecule has 72 valence electrons. The van der Waals surface area contributed by atoms with Crippen molar-refractivity contribution >= 4 is 16.9 Å². The largest absolute Gasteiger partial charge is 0.465 e. The maximum absolute atomic E-state index is 13.3. The van der Waals surface area contributed by atoms with Crippen molar-refractivity contribution in [2.75, 3.05) is 7.11 Å². The highest BCUT2D eigenvalue weighted by molar-refractivity contribution is 6.03. The third-order valence-electron chi connectivity index (χ3n) is 2.07. The fourth-order valence-corrected chi connectivity index (χ4v) is 1.42. The molecule has 14 heavy (non-hydrogen) atoms. The molecule has 0 atom stereocenters. The molecule has 1 N–H and O–H groups in total. The smallest absolute Gasteiger partial charge is 0.341 e. The molecule has 0 spiro atoms. The van der Waals surface area contributed by atoms with Gasteiger partial charge in [0.2, 0.25) is 0 Å². The van der Waals surface area contributed by atoms with Gasteiger partial charge in [0.05, 0.1) is 7.11 Å². The van der Waals surface area contributed by atoms with E-state index in [1.807, 2.05) is 0 Å². The number of carbonyl (C=O) groups is 1. The van der Waals surface area contributed by atoms with Crippen molar-refractivity contribution in [1.29, 1.82) is 0 Å². The molecule has 0 unspecified atom stereocenters.